The van der Waals surface area contributed by atoms with Gasteiger partial charge in [0.25, 0.3) is 11.8 Å². The molecule has 8 nitrogen and oxygen atoms in total. The maximum Gasteiger partial charge on any atom is 0.335 e. The van der Waals surface area contributed by atoms with Gasteiger partial charge in [0.2, 0.25) is 0 Å². The van der Waals surface area contributed by atoms with Crippen molar-refractivity contribution in [3.63, 3.8) is 0 Å². The van der Waals surface area contributed by atoms with Crippen molar-refractivity contribution in [2.75, 3.05) is 12.0 Å². The predicted molar refractivity (Wildman–Crippen MR) is 165 cm³/mol. The molecule has 4 aromatic carbocycles. The summed E-state index contributed by atoms with van der Waals surface area (Å²) in [5.41, 5.74) is 3.28. The molecule has 43 heavy (non-hydrogen) atoms. The SMILES string of the molecule is COc1ccc(/C=C2\C(=O)NC(=O)N(c3ccc(OCc4ccc(C)cc4)cc3)C2=O)c(OCc2ccc(Cl)cc2Cl)c1. The van der Waals surface area contributed by atoms with Gasteiger partial charge in [-0.05, 0) is 67.1 Å². The van der Waals surface area contributed by atoms with Crippen LogP contribution in [0.4, 0.5) is 10.5 Å². The molecule has 218 valence electrons. The Morgan fingerprint density at radius 3 is 2.23 bits per heavy atom. The lowest BCUT2D eigenvalue weighted by Gasteiger charge is -2.26. The zero-order valence-corrected chi connectivity index (χ0v) is 24.7. The van der Waals surface area contributed by atoms with Gasteiger partial charge in [-0.1, -0.05) is 59.1 Å². The van der Waals surface area contributed by atoms with Gasteiger partial charge in [0.1, 0.15) is 36.0 Å². The predicted octanol–water partition coefficient (Wildman–Crippen LogP) is 7.13. The van der Waals surface area contributed by atoms with Crippen LogP contribution in [0.3, 0.4) is 0 Å². The number of anilines is 1. The van der Waals surface area contributed by atoms with Crippen molar-refractivity contribution in [3.8, 4) is 17.2 Å². The van der Waals surface area contributed by atoms with Crippen LogP contribution in [-0.4, -0.2) is 25.0 Å². The summed E-state index contributed by atoms with van der Waals surface area (Å²) >= 11 is 12.3. The summed E-state index contributed by atoms with van der Waals surface area (Å²) in [6, 6.07) is 23.6. The monoisotopic (exact) mass is 616 g/mol. The van der Waals surface area contributed by atoms with Gasteiger partial charge < -0.3 is 14.2 Å². The highest BCUT2D eigenvalue weighted by Gasteiger charge is 2.37. The van der Waals surface area contributed by atoms with Crippen LogP contribution in [0.5, 0.6) is 17.2 Å². The summed E-state index contributed by atoms with van der Waals surface area (Å²) in [4.78, 5) is 40.0. The lowest BCUT2D eigenvalue weighted by molar-refractivity contribution is -0.122. The van der Waals surface area contributed by atoms with Crippen molar-refractivity contribution < 1.29 is 28.6 Å². The number of hydrogen-bond donors (Lipinski definition) is 1. The Morgan fingerprint density at radius 1 is 0.814 bits per heavy atom. The molecule has 0 atom stereocenters. The number of nitrogens with one attached hydrogen (secondary N) is 1. The van der Waals surface area contributed by atoms with E-state index in [4.69, 9.17) is 37.4 Å². The Balaban J connectivity index is 1.37. The van der Waals surface area contributed by atoms with Gasteiger partial charge in [0.15, 0.2) is 0 Å². The van der Waals surface area contributed by atoms with Gasteiger partial charge in [-0.25, -0.2) is 9.69 Å². The summed E-state index contributed by atoms with van der Waals surface area (Å²) in [5.74, 6) is -0.226. The molecule has 1 N–H and O–H groups in total. The molecule has 0 aromatic heterocycles. The van der Waals surface area contributed by atoms with Gasteiger partial charge in [-0.2, -0.15) is 0 Å². The number of benzene rings is 4. The van der Waals surface area contributed by atoms with Crippen LogP contribution < -0.4 is 24.4 Å². The van der Waals surface area contributed by atoms with E-state index >= 15 is 0 Å². The fraction of sp³-hybridized carbons (Fsp3) is 0.121. The van der Waals surface area contributed by atoms with E-state index in [0.717, 1.165) is 16.0 Å². The van der Waals surface area contributed by atoms with Crippen LogP contribution in [0.2, 0.25) is 10.0 Å². The van der Waals surface area contributed by atoms with Gasteiger partial charge in [-0.3, -0.25) is 14.9 Å². The number of carbonyl (C=O) groups is 3. The van der Waals surface area contributed by atoms with Crippen LogP contribution in [0.1, 0.15) is 22.3 Å². The average molecular weight is 617 g/mol. The average Bonchev–Trinajstić information content (AvgIpc) is 2.99. The highest BCUT2D eigenvalue weighted by atomic mass is 35.5. The van der Waals surface area contributed by atoms with E-state index in [1.54, 1.807) is 60.7 Å². The molecule has 0 saturated carbocycles. The zero-order valence-electron chi connectivity index (χ0n) is 23.2. The molecule has 1 fully saturated rings. The van der Waals surface area contributed by atoms with E-state index in [1.807, 2.05) is 31.2 Å². The number of amides is 4. The first kappa shape index (κ1) is 29.7. The molecule has 0 aliphatic carbocycles. The van der Waals surface area contributed by atoms with Crippen molar-refractivity contribution in [2.24, 2.45) is 0 Å². The third kappa shape index (κ3) is 6.99. The second-order valence-corrected chi connectivity index (χ2v) is 10.5. The molecule has 0 radical (unpaired) electrons. The first-order chi connectivity index (χ1) is 20.7. The number of rotatable bonds is 9. The van der Waals surface area contributed by atoms with Crippen LogP contribution in [0.15, 0.2) is 90.5 Å². The number of carbonyl (C=O) groups excluding carboxylic acids is 3. The zero-order chi connectivity index (χ0) is 30.5. The van der Waals surface area contributed by atoms with E-state index < -0.39 is 17.8 Å². The molecule has 1 heterocycles. The number of nitrogens with zero attached hydrogens (tertiary/aromatic N) is 1. The topological polar surface area (TPSA) is 94.2 Å². The lowest BCUT2D eigenvalue weighted by atomic mass is 10.1. The molecule has 1 saturated heterocycles. The molecule has 4 amide bonds. The third-order valence-electron chi connectivity index (χ3n) is 6.64. The molecule has 0 unspecified atom stereocenters. The molecular formula is C33H26Cl2N2O6. The second kappa shape index (κ2) is 13.0. The minimum atomic E-state index is -0.857. The highest BCUT2D eigenvalue weighted by Crippen LogP contribution is 2.31. The largest absolute Gasteiger partial charge is 0.497 e. The molecule has 4 aromatic rings. The number of urea groups is 1. The van der Waals surface area contributed by atoms with Crippen molar-refractivity contribution in [1.29, 1.82) is 0 Å². The first-order valence-corrected chi connectivity index (χ1v) is 13.9. The number of hydrogen-bond acceptors (Lipinski definition) is 6. The smallest absolute Gasteiger partial charge is 0.335 e. The second-order valence-electron chi connectivity index (χ2n) is 9.65. The first-order valence-electron chi connectivity index (χ1n) is 13.2. The van der Waals surface area contributed by atoms with E-state index in [9.17, 15) is 14.4 Å². The number of methoxy groups -OCH3 is 1. The Hall–Kier alpha value is -4.79. The normalized spacial score (nSPS) is 14.1. The van der Waals surface area contributed by atoms with Gasteiger partial charge in [-0.15, -0.1) is 0 Å². The van der Waals surface area contributed by atoms with E-state index in [-0.39, 0.29) is 17.9 Å². The van der Waals surface area contributed by atoms with Gasteiger partial charge in [0, 0.05) is 27.2 Å². The van der Waals surface area contributed by atoms with Crippen molar-refractivity contribution in [3.05, 3.63) is 123 Å². The van der Waals surface area contributed by atoms with Crippen LogP contribution >= 0.6 is 23.2 Å². The maximum absolute atomic E-state index is 13.5. The Kier molecular flexibility index (Phi) is 8.99. The minimum absolute atomic E-state index is 0.0857. The molecule has 10 heteroatoms. The summed E-state index contributed by atoms with van der Waals surface area (Å²) in [6.07, 6.45) is 1.37. The number of barbiturate groups is 1. The lowest BCUT2D eigenvalue weighted by Crippen LogP contribution is -2.54. The number of imide groups is 2. The quantitative estimate of drug-likeness (QED) is 0.159. The minimum Gasteiger partial charge on any atom is -0.497 e. The Bertz CT molecular complexity index is 1720. The van der Waals surface area contributed by atoms with Crippen molar-refractivity contribution in [1.82, 2.24) is 5.32 Å². The number of ether oxygens (including phenoxy) is 3. The van der Waals surface area contributed by atoms with Crippen molar-refractivity contribution in [2.45, 2.75) is 20.1 Å². The molecule has 1 aliphatic rings. The standard InChI is InChI=1S/C33H26Cl2N2O6/c1-20-3-5-21(6-4-20)18-42-26-13-10-25(11-14-26)37-32(39)28(31(38)36-33(37)40)15-22-8-12-27(41-2)17-30(22)43-19-23-7-9-24(34)16-29(23)35/h3-17H,18-19H2,1-2H3,(H,36,38,40)/b28-15+. The number of aryl methyl sites for hydroxylation is 1. The van der Waals surface area contributed by atoms with Crippen LogP contribution in [0.25, 0.3) is 6.08 Å². The van der Waals surface area contributed by atoms with Crippen molar-refractivity contribution >= 4 is 52.8 Å². The Labute approximate surface area is 258 Å². The van der Waals surface area contributed by atoms with Crippen LogP contribution in [0, 0.1) is 6.92 Å². The Morgan fingerprint density at radius 2 is 1.53 bits per heavy atom. The fourth-order valence-corrected chi connectivity index (χ4v) is 4.73. The number of halogens is 2. The summed E-state index contributed by atoms with van der Waals surface area (Å²) in [5, 5.41) is 3.16. The fourth-order valence-electron chi connectivity index (χ4n) is 4.27. The van der Waals surface area contributed by atoms with Gasteiger partial charge >= 0.3 is 6.03 Å². The molecule has 0 spiro atoms. The van der Waals surface area contributed by atoms with Crippen LogP contribution in [-0.2, 0) is 22.8 Å². The van der Waals surface area contributed by atoms with E-state index in [2.05, 4.69) is 5.32 Å². The summed E-state index contributed by atoms with van der Waals surface area (Å²) < 4.78 is 17.2. The third-order valence-corrected chi connectivity index (χ3v) is 7.23. The summed E-state index contributed by atoms with van der Waals surface area (Å²) in [6.45, 7) is 2.46. The van der Waals surface area contributed by atoms with Gasteiger partial charge in [0.05, 0.1) is 12.8 Å². The molecule has 5 rings (SSSR count). The summed E-state index contributed by atoms with van der Waals surface area (Å²) in [7, 11) is 1.51. The highest BCUT2D eigenvalue weighted by molar-refractivity contribution is 6.39. The molecular weight excluding hydrogens is 591 g/mol. The maximum atomic E-state index is 13.5. The molecule has 0 bridgehead atoms. The molecule has 1 aliphatic heterocycles. The van der Waals surface area contributed by atoms with E-state index in [1.165, 1.54) is 13.2 Å². The van der Waals surface area contributed by atoms with E-state index in [0.29, 0.717) is 45.0 Å².